The third-order valence-electron chi connectivity index (χ3n) is 6.08. The Kier molecular flexibility index (Phi) is 5.06. The van der Waals surface area contributed by atoms with Crippen LogP contribution in [0.5, 0.6) is 0 Å². The number of nitrogens with one attached hydrogen (secondary N) is 1. The smallest absolute Gasteiger partial charge is 0.0644 e. The van der Waals surface area contributed by atoms with Gasteiger partial charge in [0, 0.05) is 35.4 Å². The van der Waals surface area contributed by atoms with Gasteiger partial charge in [0.1, 0.15) is 0 Å². The van der Waals surface area contributed by atoms with Crippen LogP contribution in [0.4, 0.5) is 0 Å². The molecule has 0 fully saturated rings. The quantitative estimate of drug-likeness (QED) is 0.632. The third kappa shape index (κ3) is 3.19. The number of aliphatic hydroxyl groups is 1. The van der Waals surface area contributed by atoms with E-state index >= 15 is 0 Å². The van der Waals surface area contributed by atoms with Gasteiger partial charge in [0.15, 0.2) is 0 Å². The van der Waals surface area contributed by atoms with E-state index in [2.05, 4.69) is 47.0 Å². The maximum absolute atomic E-state index is 9.16. The summed E-state index contributed by atoms with van der Waals surface area (Å²) in [6.45, 7) is 10.0. The Balaban J connectivity index is 1.47. The molecule has 2 aromatic heterocycles. The van der Waals surface area contributed by atoms with Crippen molar-refractivity contribution in [1.82, 2.24) is 19.7 Å². The van der Waals surface area contributed by atoms with Gasteiger partial charge in [-0.1, -0.05) is 18.2 Å². The molecule has 1 aliphatic rings. The van der Waals surface area contributed by atoms with Gasteiger partial charge in [-0.3, -0.25) is 4.68 Å². The second-order valence-electron chi connectivity index (χ2n) is 7.66. The normalized spacial score (nSPS) is 13.6. The summed E-state index contributed by atoms with van der Waals surface area (Å²) in [5, 5.41) is 18.8. The maximum Gasteiger partial charge on any atom is 0.0644 e. The number of aromatic nitrogens is 3. The minimum Gasteiger partial charge on any atom is -0.394 e. The molecule has 2 N–H and O–H groups in total. The van der Waals surface area contributed by atoms with Crippen LogP contribution in [0.15, 0.2) is 18.2 Å². The highest BCUT2D eigenvalue weighted by molar-refractivity contribution is 5.88. The number of nitrogens with zero attached hydrogens (tertiary/aromatic N) is 3. The van der Waals surface area contributed by atoms with Gasteiger partial charge in [-0.05, 0) is 57.7 Å². The first-order valence-electron chi connectivity index (χ1n) is 10.1. The van der Waals surface area contributed by atoms with Crippen LogP contribution in [-0.4, -0.2) is 32.6 Å². The van der Waals surface area contributed by atoms with Crippen molar-refractivity contribution in [3.05, 3.63) is 52.0 Å². The lowest BCUT2D eigenvalue weighted by atomic mass is 10.0. The van der Waals surface area contributed by atoms with E-state index < -0.39 is 0 Å². The molecule has 1 aliphatic heterocycles. The lowest BCUT2D eigenvalue weighted by Crippen LogP contribution is -2.18. The molecule has 0 unspecified atom stereocenters. The van der Waals surface area contributed by atoms with Crippen molar-refractivity contribution in [2.45, 2.75) is 59.7 Å². The summed E-state index contributed by atoms with van der Waals surface area (Å²) in [7, 11) is 0. The van der Waals surface area contributed by atoms with Gasteiger partial charge in [0.2, 0.25) is 0 Å². The molecule has 0 saturated carbocycles. The summed E-state index contributed by atoms with van der Waals surface area (Å²) in [4.78, 5) is 0. The molecule has 5 nitrogen and oxygen atoms in total. The zero-order chi connectivity index (χ0) is 19.0. The van der Waals surface area contributed by atoms with Gasteiger partial charge >= 0.3 is 0 Å². The number of aliphatic hydroxyl groups excluding tert-OH is 1. The zero-order valence-electron chi connectivity index (χ0n) is 16.7. The lowest BCUT2D eigenvalue weighted by molar-refractivity contribution is 0.267. The van der Waals surface area contributed by atoms with Crippen molar-refractivity contribution >= 4 is 10.9 Å². The van der Waals surface area contributed by atoms with Crippen LogP contribution in [0.25, 0.3) is 10.9 Å². The minimum absolute atomic E-state index is 0.125. The van der Waals surface area contributed by atoms with E-state index in [1.807, 2.05) is 11.6 Å². The van der Waals surface area contributed by atoms with Crippen molar-refractivity contribution in [3.63, 3.8) is 0 Å². The van der Waals surface area contributed by atoms with Gasteiger partial charge in [0.25, 0.3) is 0 Å². The second-order valence-corrected chi connectivity index (χ2v) is 7.66. The van der Waals surface area contributed by atoms with E-state index in [-0.39, 0.29) is 6.61 Å². The summed E-state index contributed by atoms with van der Waals surface area (Å²) in [5.41, 5.74) is 9.35. The Labute approximate surface area is 161 Å². The number of benzene rings is 1. The number of rotatable bonds is 7. The van der Waals surface area contributed by atoms with Crippen molar-refractivity contribution in [1.29, 1.82) is 0 Å². The summed E-state index contributed by atoms with van der Waals surface area (Å²) in [6.07, 6.45) is 3.49. The van der Waals surface area contributed by atoms with E-state index in [0.717, 1.165) is 37.4 Å². The molecule has 4 rings (SSSR count). The van der Waals surface area contributed by atoms with Crippen LogP contribution in [-0.2, 0) is 32.5 Å². The first-order chi connectivity index (χ1) is 13.1. The lowest BCUT2D eigenvalue weighted by Gasteiger charge is -2.16. The fourth-order valence-corrected chi connectivity index (χ4v) is 4.63. The summed E-state index contributed by atoms with van der Waals surface area (Å²) in [5.74, 6) is 0. The topological polar surface area (TPSA) is 55.0 Å². The first kappa shape index (κ1) is 18.3. The Hall–Kier alpha value is -2.11. The standard InChI is InChI=1S/C22H30N4O/c1-15-21(17(3)26(24-15)12-13-27)14-23-10-9-19-16(2)25-11-5-7-18-6-4-8-20(19)22(18)25/h4,6,8,23,27H,5,7,9-14H2,1-3H3. The van der Waals surface area contributed by atoms with E-state index in [4.69, 9.17) is 5.11 Å². The van der Waals surface area contributed by atoms with Crippen LogP contribution in [0.1, 0.15) is 40.2 Å². The maximum atomic E-state index is 9.16. The molecular weight excluding hydrogens is 336 g/mol. The van der Waals surface area contributed by atoms with Crippen LogP contribution in [0.2, 0.25) is 0 Å². The molecule has 0 spiro atoms. The van der Waals surface area contributed by atoms with E-state index in [0.29, 0.717) is 6.54 Å². The Morgan fingerprint density at radius 1 is 1.15 bits per heavy atom. The van der Waals surface area contributed by atoms with E-state index in [9.17, 15) is 0 Å². The molecule has 0 bridgehead atoms. The second kappa shape index (κ2) is 7.49. The molecule has 0 saturated heterocycles. The minimum atomic E-state index is 0.125. The highest BCUT2D eigenvalue weighted by Crippen LogP contribution is 2.32. The summed E-state index contributed by atoms with van der Waals surface area (Å²) < 4.78 is 4.43. The average Bonchev–Trinajstić information content (AvgIpc) is 3.09. The number of hydrogen-bond donors (Lipinski definition) is 2. The Morgan fingerprint density at radius 2 is 2.00 bits per heavy atom. The molecule has 0 amide bonds. The van der Waals surface area contributed by atoms with E-state index in [1.165, 1.54) is 46.1 Å². The molecule has 3 heterocycles. The monoisotopic (exact) mass is 366 g/mol. The Morgan fingerprint density at radius 3 is 2.81 bits per heavy atom. The van der Waals surface area contributed by atoms with Crippen LogP contribution in [0, 0.1) is 20.8 Å². The highest BCUT2D eigenvalue weighted by atomic mass is 16.3. The van der Waals surface area contributed by atoms with Crippen molar-refractivity contribution < 1.29 is 5.11 Å². The van der Waals surface area contributed by atoms with Crippen LogP contribution in [0.3, 0.4) is 0 Å². The number of hydrogen-bond acceptors (Lipinski definition) is 3. The summed E-state index contributed by atoms with van der Waals surface area (Å²) in [6, 6.07) is 6.79. The molecule has 1 aromatic carbocycles. The van der Waals surface area contributed by atoms with Crippen molar-refractivity contribution in [2.75, 3.05) is 13.2 Å². The van der Waals surface area contributed by atoms with Crippen molar-refractivity contribution in [2.24, 2.45) is 0 Å². The van der Waals surface area contributed by atoms with Crippen LogP contribution < -0.4 is 5.32 Å². The fraction of sp³-hybridized carbons (Fsp3) is 0.500. The largest absolute Gasteiger partial charge is 0.394 e. The summed E-state index contributed by atoms with van der Waals surface area (Å²) >= 11 is 0. The van der Waals surface area contributed by atoms with Gasteiger partial charge in [-0.25, -0.2) is 0 Å². The first-order valence-corrected chi connectivity index (χ1v) is 10.1. The zero-order valence-corrected chi connectivity index (χ0v) is 16.7. The molecule has 27 heavy (non-hydrogen) atoms. The number of aryl methyl sites for hydroxylation is 3. The molecule has 0 atom stereocenters. The molecule has 5 heteroatoms. The SMILES string of the molecule is Cc1nn(CCO)c(C)c1CNCCc1c(C)n2c3c(cccc13)CCC2. The predicted molar refractivity (Wildman–Crippen MR) is 109 cm³/mol. The molecular formula is C22H30N4O. The van der Waals surface area contributed by atoms with E-state index in [1.54, 1.807) is 0 Å². The van der Waals surface area contributed by atoms with Gasteiger partial charge in [0.05, 0.1) is 24.4 Å². The average molecular weight is 367 g/mol. The van der Waals surface area contributed by atoms with Gasteiger partial charge in [-0.15, -0.1) is 0 Å². The van der Waals surface area contributed by atoms with Gasteiger partial charge in [-0.2, -0.15) is 5.10 Å². The fourth-order valence-electron chi connectivity index (χ4n) is 4.63. The predicted octanol–water partition coefficient (Wildman–Crippen LogP) is 3.03. The molecule has 144 valence electrons. The third-order valence-corrected chi connectivity index (χ3v) is 6.08. The number of para-hydroxylation sites is 1. The van der Waals surface area contributed by atoms with Gasteiger partial charge < -0.3 is 15.0 Å². The molecule has 0 radical (unpaired) electrons. The molecule has 0 aliphatic carbocycles. The highest BCUT2D eigenvalue weighted by Gasteiger charge is 2.19. The van der Waals surface area contributed by atoms with Crippen molar-refractivity contribution in [3.8, 4) is 0 Å². The van der Waals surface area contributed by atoms with Crippen LogP contribution >= 0.6 is 0 Å². The Bertz CT molecular complexity index is 967. The molecule has 3 aromatic rings.